The van der Waals surface area contributed by atoms with Crippen LogP contribution in [0.3, 0.4) is 0 Å². The number of benzene rings is 1. The number of rotatable bonds is 4. The van der Waals surface area contributed by atoms with E-state index in [2.05, 4.69) is 0 Å². The first-order valence-electron chi connectivity index (χ1n) is 7.42. The van der Waals surface area contributed by atoms with Crippen LogP contribution in [0.15, 0.2) is 24.3 Å². The van der Waals surface area contributed by atoms with E-state index in [-0.39, 0.29) is 24.2 Å². The molecule has 0 aromatic heterocycles. The smallest absolute Gasteiger partial charge is 0.227 e. The van der Waals surface area contributed by atoms with Gasteiger partial charge in [-0.2, -0.15) is 0 Å². The van der Waals surface area contributed by atoms with Crippen LogP contribution in [-0.2, 0) is 16.0 Å². The molecule has 1 heterocycles. The zero-order valence-electron chi connectivity index (χ0n) is 13.0. The molecule has 2 amide bonds. The van der Waals surface area contributed by atoms with E-state index in [1.807, 2.05) is 36.1 Å². The van der Waals surface area contributed by atoms with Crippen LogP contribution in [0.5, 0.6) is 0 Å². The standard InChI is InChI=1S/C16H23N3O2.ClH/c1-13-4-2-3-5-14(13)12-16(21)19-10-8-18(9-11-19)15(20)6-7-17;/h2-5H,6-12,17H2,1H3;1H. The number of piperazine rings is 1. The molecule has 1 aromatic carbocycles. The Morgan fingerprint density at radius 2 is 1.59 bits per heavy atom. The van der Waals surface area contributed by atoms with Crippen molar-refractivity contribution in [3.05, 3.63) is 35.4 Å². The molecule has 22 heavy (non-hydrogen) atoms. The summed E-state index contributed by atoms with van der Waals surface area (Å²) in [6.45, 7) is 4.84. The number of carbonyl (C=O) groups is 2. The lowest BCUT2D eigenvalue weighted by atomic mass is 10.1. The highest BCUT2D eigenvalue weighted by molar-refractivity contribution is 5.85. The van der Waals surface area contributed by atoms with Crippen LogP contribution in [0.4, 0.5) is 0 Å². The zero-order valence-corrected chi connectivity index (χ0v) is 13.8. The van der Waals surface area contributed by atoms with Gasteiger partial charge in [0, 0.05) is 39.1 Å². The molecule has 0 spiro atoms. The summed E-state index contributed by atoms with van der Waals surface area (Å²) in [6.07, 6.45) is 0.820. The summed E-state index contributed by atoms with van der Waals surface area (Å²) in [5, 5.41) is 0. The molecule has 1 fully saturated rings. The Morgan fingerprint density at radius 3 is 2.14 bits per heavy atom. The highest BCUT2D eigenvalue weighted by atomic mass is 35.5. The van der Waals surface area contributed by atoms with E-state index in [0.717, 1.165) is 11.1 Å². The Bertz CT molecular complexity index is 514. The fourth-order valence-electron chi connectivity index (χ4n) is 2.57. The maximum absolute atomic E-state index is 12.3. The largest absolute Gasteiger partial charge is 0.339 e. The van der Waals surface area contributed by atoms with Gasteiger partial charge in [0.1, 0.15) is 0 Å². The molecule has 0 radical (unpaired) electrons. The van der Waals surface area contributed by atoms with Crippen LogP contribution < -0.4 is 5.73 Å². The van der Waals surface area contributed by atoms with Gasteiger partial charge in [0.15, 0.2) is 0 Å². The molecule has 0 atom stereocenters. The van der Waals surface area contributed by atoms with Gasteiger partial charge in [0.25, 0.3) is 0 Å². The van der Waals surface area contributed by atoms with E-state index >= 15 is 0 Å². The Labute approximate surface area is 137 Å². The van der Waals surface area contributed by atoms with E-state index < -0.39 is 0 Å². The topological polar surface area (TPSA) is 66.6 Å². The number of amides is 2. The van der Waals surface area contributed by atoms with E-state index in [1.165, 1.54) is 0 Å². The van der Waals surface area contributed by atoms with E-state index in [0.29, 0.717) is 45.6 Å². The second-order valence-electron chi connectivity index (χ2n) is 5.40. The minimum Gasteiger partial charge on any atom is -0.339 e. The van der Waals surface area contributed by atoms with Crippen LogP contribution >= 0.6 is 12.4 Å². The van der Waals surface area contributed by atoms with Crippen molar-refractivity contribution in [2.45, 2.75) is 19.8 Å². The molecule has 6 heteroatoms. The maximum atomic E-state index is 12.3. The molecule has 1 saturated heterocycles. The predicted octanol–water partition coefficient (Wildman–Crippen LogP) is 0.979. The summed E-state index contributed by atoms with van der Waals surface area (Å²) in [4.78, 5) is 27.7. The molecule has 0 aliphatic carbocycles. The van der Waals surface area contributed by atoms with Gasteiger partial charge in [-0.3, -0.25) is 9.59 Å². The average molecular weight is 326 g/mol. The van der Waals surface area contributed by atoms with E-state index in [1.54, 1.807) is 4.90 Å². The Morgan fingerprint density at radius 1 is 1.05 bits per heavy atom. The average Bonchev–Trinajstić information content (AvgIpc) is 2.50. The molecule has 122 valence electrons. The van der Waals surface area contributed by atoms with Gasteiger partial charge < -0.3 is 15.5 Å². The number of hydrogen-bond donors (Lipinski definition) is 1. The van der Waals surface area contributed by atoms with Gasteiger partial charge >= 0.3 is 0 Å². The molecular formula is C16H24ClN3O2. The summed E-state index contributed by atoms with van der Waals surface area (Å²) < 4.78 is 0. The van der Waals surface area contributed by atoms with Crippen molar-refractivity contribution in [1.82, 2.24) is 9.80 Å². The molecule has 0 saturated carbocycles. The zero-order chi connectivity index (χ0) is 15.2. The van der Waals surface area contributed by atoms with Gasteiger partial charge in [0.2, 0.25) is 11.8 Å². The molecule has 2 rings (SSSR count). The fourth-order valence-corrected chi connectivity index (χ4v) is 2.57. The van der Waals surface area contributed by atoms with Crippen LogP contribution in [0.1, 0.15) is 17.5 Å². The normalized spacial score (nSPS) is 14.5. The lowest BCUT2D eigenvalue weighted by molar-refractivity contribution is -0.139. The first-order valence-corrected chi connectivity index (χ1v) is 7.42. The number of aryl methyl sites for hydroxylation is 1. The van der Waals surface area contributed by atoms with Gasteiger partial charge in [-0.05, 0) is 18.1 Å². The van der Waals surface area contributed by atoms with Crippen LogP contribution in [0.25, 0.3) is 0 Å². The number of carbonyl (C=O) groups excluding carboxylic acids is 2. The highest BCUT2D eigenvalue weighted by Crippen LogP contribution is 2.11. The van der Waals surface area contributed by atoms with Crippen LogP contribution in [0.2, 0.25) is 0 Å². The number of nitrogens with two attached hydrogens (primary N) is 1. The highest BCUT2D eigenvalue weighted by Gasteiger charge is 2.23. The summed E-state index contributed by atoms with van der Waals surface area (Å²) in [7, 11) is 0. The molecule has 1 aliphatic heterocycles. The van der Waals surface area contributed by atoms with Crippen molar-refractivity contribution in [3.63, 3.8) is 0 Å². The van der Waals surface area contributed by atoms with Crippen molar-refractivity contribution in [3.8, 4) is 0 Å². The Kier molecular flexibility index (Phi) is 7.35. The lowest BCUT2D eigenvalue weighted by Gasteiger charge is -2.35. The van der Waals surface area contributed by atoms with Gasteiger partial charge in [0.05, 0.1) is 6.42 Å². The first kappa shape index (κ1) is 18.5. The lowest BCUT2D eigenvalue weighted by Crippen LogP contribution is -2.51. The van der Waals surface area contributed by atoms with Crippen molar-refractivity contribution < 1.29 is 9.59 Å². The van der Waals surface area contributed by atoms with E-state index in [9.17, 15) is 9.59 Å². The molecule has 2 N–H and O–H groups in total. The van der Waals surface area contributed by atoms with E-state index in [4.69, 9.17) is 5.73 Å². The monoisotopic (exact) mass is 325 g/mol. The Hall–Kier alpha value is -1.59. The molecule has 1 aromatic rings. The quantitative estimate of drug-likeness (QED) is 0.897. The minimum atomic E-state index is 0. The summed E-state index contributed by atoms with van der Waals surface area (Å²) in [5.74, 6) is 0.221. The van der Waals surface area contributed by atoms with Crippen molar-refractivity contribution >= 4 is 24.2 Å². The minimum absolute atomic E-state index is 0. The second kappa shape index (κ2) is 8.76. The first-order chi connectivity index (χ1) is 10.1. The van der Waals surface area contributed by atoms with Crippen molar-refractivity contribution in [2.24, 2.45) is 5.73 Å². The van der Waals surface area contributed by atoms with Crippen LogP contribution in [0, 0.1) is 6.92 Å². The Balaban J connectivity index is 0.00000242. The fraction of sp³-hybridized carbons (Fsp3) is 0.500. The number of hydrogen-bond acceptors (Lipinski definition) is 3. The third kappa shape index (κ3) is 4.71. The number of nitrogens with zero attached hydrogens (tertiary/aromatic N) is 2. The molecular weight excluding hydrogens is 302 g/mol. The third-order valence-corrected chi connectivity index (χ3v) is 3.95. The van der Waals surface area contributed by atoms with Gasteiger partial charge in [-0.1, -0.05) is 24.3 Å². The van der Waals surface area contributed by atoms with Crippen molar-refractivity contribution in [2.75, 3.05) is 32.7 Å². The molecule has 5 nitrogen and oxygen atoms in total. The number of halogens is 1. The molecule has 1 aliphatic rings. The molecule has 0 bridgehead atoms. The molecule has 0 unspecified atom stereocenters. The predicted molar refractivity (Wildman–Crippen MR) is 89.0 cm³/mol. The van der Waals surface area contributed by atoms with Crippen LogP contribution in [-0.4, -0.2) is 54.3 Å². The summed E-state index contributed by atoms with van der Waals surface area (Å²) >= 11 is 0. The SMILES string of the molecule is Cc1ccccc1CC(=O)N1CCN(C(=O)CCN)CC1.Cl. The van der Waals surface area contributed by atoms with Gasteiger partial charge in [-0.25, -0.2) is 0 Å². The third-order valence-electron chi connectivity index (χ3n) is 3.95. The maximum Gasteiger partial charge on any atom is 0.227 e. The second-order valence-corrected chi connectivity index (χ2v) is 5.40. The van der Waals surface area contributed by atoms with Crippen molar-refractivity contribution in [1.29, 1.82) is 0 Å². The van der Waals surface area contributed by atoms with Gasteiger partial charge in [-0.15, -0.1) is 12.4 Å². The summed E-state index contributed by atoms with van der Waals surface area (Å²) in [5.41, 5.74) is 7.61. The summed E-state index contributed by atoms with van der Waals surface area (Å²) in [6, 6.07) is 7.95.